The number of unbranched alkanes of at least 4 members (excludes halogenated alkanes) is 8. The molecular weight excluding hydrogens is 763 g/mol. The van der Waals surface area contributed by atoms with Crippen molar-refractivity contribution in [1.82, 2.24) is 0 Å². The van der Waals surface area contributed by atoms with Crippen molar-refractivity contribution in [3.63, 3.8) is 0 Å². The zero-order valence-electron chi connectivity index (χ0n) is 39.0. The van der Waals surface area contributed by atoms with Gasteiger partial charge in [0.05, 0.1) is 40.3 Å². The minimum atomic E-state index is -1.14. The number of hydrogen-bond acceptors (Lipinski definition) is 7. The summed E-state index contributed by atoms with van der Waals surface area (Å²) in [6, 6.07) is -0.746. The van der Waals surface area contributed by atoms with E-state index in [4.69, 9.17) is 14.2 Å². The van der Waals surface area contributed by atoms with Crippen LogP contribution in [0.4, 0.5) is 0 Å². The van der Waals surface area contributed by atoms with Gasteiger partial charge in [-0.15, -0.1) is 0 Å². The highest BCUT2D eigenvalue weighted by molar-refractivity contribution is 5.70. The van der Waals surface area contributed by atoms with Gasteiger partial charge in [-0.05, 0) is 103 Å². The molecule has 2 unspecified atom stereocenters. The molecule has 0 heterocycles. The molecular formula is C53H85NO7. The molecule has 0 aromatic carbocycles. The number of aliphatic carboxylic acids is 1. The number of likely N-dealkylation sites (N-methyl/N-ethyl adjacent to an activating group) is 1. The highest BCUT2D eigenvalue weighted by Gasteiger charge is 2.25. The van der Waals surface area contributed by atoms with Gasteiger partial charge in [0.15, 0.2) is 6.10 Å². The summed E-state index contributed by atoms with van der Waals surface area (Å²) in [6.07, 6.45) is 58.3. The van der Waals surface area contributed by atoms with E-state index in [9.17, 15) is 19.5 Å². The number of carboxylic acids is 1. The fourth-order valence-corrected chi connectivity index (χ4v) is 6.02. The van der Waals surface area contributed by atoms with E-state index in [0.29, 0.717) is 12.8 Å². The Balaban J connectivity index is 4.48. The van der Waals surface area contributed by atoms with Gasteiger partial charge >= 0.3 is 11.9 Å². The number of carbonyl (C=O) groups excluding carboxylic acids is 3. The number of hydrogen-bond donors (Lipinski definition) is 0. The van der Waals surface area contributed by atoms with Gasteiger partial charge in [-0.25, -0.2) is 0 Å². The van der Waals surface area contributed by atoms with E-state index in [0.717, 1.165) is 89.9 Å². The van der Waals surface area contributed by atoms with Gasteiger partial charge in [-0.1, -0.05) is 142 Å². The Bertz CT molecular complexity index is 1360. The maximum atomic E-state index is 12.7. The summed E-state index contributed by atoms with van der Waals surface area (Å²) in [5, 5.41) is 11.6. The Labute approximate surface area is 372 Å². The lowest BCUT2D eigenvalue weighted by molar-refractivity contribution is -0.889. The lowest BCUT2D eigenvalue weighted by Gasteiger charge is -2.34. The number of quaternary nitrogens is 1. The van der Waals surface area contributed by atoms with Gasteiger partial charge in [0.25, 0.3) is 0 Å². The van der Waals surface area contributed by atoms with E-state index in [-0.39, 0.29) is 49.1 Å². The molecule has 0 saturated carbocycles. The molecule has 0 saturated heterocycles. The molecule has 0 radical (unpaired) electrons. The smallest absolute Gasteiger partial charge is 0.306 e. The molecule has 61 heavy (non-hydrogen) atoms. The van der Waals surface area contributed by atoms with E-state index in [1.54, 1.807) is 21.1 Å². The summed E-state index contributed by atoms with van der Waals surface area (Å²) in [6.45, 7) is 4.41. The second kappa shape index (κ2) is 42.7. The summed E-state index contributed by atoms with van der Waals surface area (Å²) >= 11 is 0. The SMILES string of the molecule is CC/C=C/C/C=C/C/C=C/C/C=C/CCCCCC(=O)OCC(COCCC(C(=O)[O-])[N+](C)(C)C)OC(=O)CCCC/C=C/C/C=C/C/C=C/C/C=C/C/C=C/CCCCC. The predicted octanol–water partition coefficient (Wildman–Crippen LogP) is 11.9. The first-order chi connectivity index (χ1) is 29.6. The van der Waals surface area contributed by atoms with E-state index in [1.165, 1.54) is 25.7 Å². The Hall–Kier alpha value is -4.01. The molecule has 0 bridgehead atoms. The summed E-state index contributed by atoms with van der Waals surface area (Å²) in [4.78, 5) is 36.9. The van der Waals surface area contributed by atoms with Crippen LogP contribution in [-0.4, -0.2) is 75.5 Å². The van der Waals surface area contributed by atoms with Crippen molar-refractivity contribution in [2.45, 2.75) is 167 Å². The number of esters is 2. The minimum absolute atomic E-state index is 0.00498. The van der Waals surface area contributed by atoms with Gasteiger partial charge in [0.2, 0.25) is 0 Å². The molecule has 0 aliphatic rings. The standard InChI is InChI=1S/C53H85NO7/c1-6-8-10-12-14-16-18-20-22-24-25-26-27-28-30-32-34-36-38-40-42-44-52(56)61-49(47-59-46-45-50(53(57)58)54(3,4)5)48-60-51(55)43-41-39-37-35-33-31-29-23-21-19-17-15-13-11-9-7-2/h9,11,14-17,20-23,25-26,28,30-31,33-34,36,49-50H,6-8,10,12-13,18-19,24,27,29,32,35,37-48H2,1-5H3/b11-9+,16-14+,17-15+,22-20+,23-21+,26-25+,30-28+,33-31+,36-34+. The van der Waals surface area contributed by atoms with Crippen LogP contribution in [0.15, 0.2) is 109 Å². The average molecular weight is 848 g/mol. The number of rotatable bonds is 40. The van der Waals surface area contributed by atoms with Crippen LogP contribution >= 0.6 is 0 Å². The minimum Gasteiger partial charge on any atom is -0.544 e. The number of carboxylic acid groups (broad SMARTS) is 1. The monoisotopic (exact) mass is 848 g/mol. The topological polar surface area (TPSA) is 102 Å². The van der Waals surface area contributed by atoms with Crippen molar-refractivity contribution >= 4 is 17.9 Å². The quantitative estimate of drug-likeness (QED) is 0.0262. The van der Waals surface area contributed by atoms with Crippen LogP contribution in [0.5, 0.6) is 0 Å². The Kier molecular flexibility index (Phi) is 39.9. The summed E-state index contributed by atoms with van der Waals surface area (Å²) in [5.41, 5.74) is 0. The molecule has 8 heteroatoms. The molecule has 0 rings (SSSR count). The van der Waals surface area contributed by atoms with Crippen LogP contribution < -0.4 is 5.11 Å². The normalized spacial score (nSPS) is 13.9. The fourth-order valence-electron chi connectivity index (χ4n) is 6.02. The van der Waals surface area contributed by atoms with Gasteiger partial charge in [-0.2, -0.15) is 0 Å². The van der Waals surface area contributed by atoms with Crippen LogP contribution in [0.1, 0.15) is 155 Å². The summed E-state index contributed by atoms with van der Waals surface area (Å²) in [7, 11) is 5.37. The average Bonchev–Trinajstić information content (AvgIpc) is 3.22. The van der Waals surface area contributed by atoms with Crippen LogP contribution in [-0.2, 0) is 28.6 Å². The van der Waals surface area contributed by atoms with Crippen molar-refractivity contribution in [2.24, 2.45) is 0 Å². The fraction of sp³-hybridized carbons (Fsp3) is 0.604. The Morgan fingerprint density at radius 3 is 1.36 bits per heavy atom. The lowest BCUT2D eigenvalue weighted by atomic mass is 10.1. The van der Waals surface area contributed by atoms with Gasteiger partial charge in [0, 0.05) is 19.3 Å². The van der Waals surface area contributed by atoms with E-state index in [1.807, 2.05) is 0 Å². The highest BCUT2D eigenvalue weighted by Crippen LogP contribution is 2.11. The molecule has 0 aromatic heterocycles. The third-order valence-electron chi connectivity index (χ3n) is 9.64. The lowest BCUT2D eigenvalue weighted by Crippen LogP contribution is -2.55. The van der Waals surface area contributed by atoms with Crippen molar-refractivity contribution in [3.8, 4) is 0 Å². The molecule has 0 aliphatic carbocycles. The first kappa shape index (κ1) is 57.0. The highest BCUT2D eigenvalue weighted by atomic mass is 16.6. The van der Waals surface area contributed by atoms with Crippen molar-refractivity contribution < 1.29 is 38.2 Å². The Morgan fingerprint density at radius 2 is 0.918 bits per heavy atom. The molecule has 344 valence electrons. The largest absolute Gasteiger partial charge is 0.544 e. The first-order valence-electron chi connectivity index (χ1n) is 23.4. The van der Waals surface area contributed by atoms with Gasteiger partial charge < -0.3 is 28.6 Å². The van der Waals surface area contributed by atoms with Crippen LogP contribution in [0.25, 0.3) is 0 Å². The van der Waals surface area contributed by atoms with Crippen LogP contribution in [0, 0.1) is 0 Å². The van der Waals surface area contributed by atoms with Crippen LogP contribution in [0.3, 0.4) is 0 Å². The van der Waals surface area contributed by atoms with E-state index < -0.39 is 18.1 Å². The zero-order chi connectivity index (χ0) is 44.9. The molecule has 8 nitrogen and oxygen atoms in total. The molecule has 0 N–H and O–H groups in total. The van der Waals surface area contributed by atoms with Crippen molar-refractivity contribution in [2.75, 3.05) is 41.0 Å². The summed E-state index contributed by atoms with van der Waals surface area (Å²) < 4.78 is 17.1. The summed E-state index contributed by atoms with van der Waals surface area (Å²) in [5.74, 6) is -1.85. The van der Waals surface area contributed by atoms with Crippen molar-refractivity contribution in [3.05, 3.63) is 109 Å². The second-order valence-corrected chi connectivity index (χ2v) is 16.3. The Morgan fingerprint density at radius 1 is 0.508 bits per heavy atom. The molecule has 0 aromatic rings. The molecule has 0 aliphatic heterocycles. The second-order valence-electron chi connectivity index (χ2n) is 16.3. The number of ether oxygens (including phenoxy) is 3. The van der Waals surface area contributed by atoms with E-state index >= 15 is 0 Å². The predicted molar refractivity (Wildman–Crippen MR) is 254 cm³/mol. The maximum absolute atomic E-state index is 12.7. The molecule has 2 atom stereocenters. The molecule has 0 fully saturated rings. The van der Waals surface area contributed by atoms with Gasteiger partial charge in [-0.3, -0.25) is 9.59 Å². The third kappa shape index (κ3) is 41.1. The van der Waals surface area contributed by atoms with Crippen LogP contribution in [0.2, 0.25) is 0 Å². The molecule has 0 spiro atoms. The zero-order valence-corrected chi connectivity index (χ0v) is 39.0. The van der Waals surface area contributed by atoms with Gasteiger partial charge in [0.1, 0.15) is 12.6 Å². The third-order valence-corrected chi connectivity index (χ3v) is 9.64. The number of nitrogens with zero attached hydrogens (tertiary/aromatic N) is 1. The van der Waals surface area contributed by atoms with E-state index in [2.05, 4.69) is 123 Å². The number of allylic oxidation sites excluding steroid dienone is 18. The molecule has 0 amide bonds. The first-order valence-corrected chi connectivity index (χ1v) is 23.4. The maximum Gasteiger partial charge on any atom is 0.306 e. The number of carbonyl (C=O) groups is 3. The van der Waals surface area contributed by atoms with Crippen molar-refractivity contribution in [1.29, 1.82) is 0 Å².